The molecule has 3 aromatic carbocycles. The summed E-state index contributed by atoms with van der Waals surface area (Å²) in [6.07, 6.45) is 1.83. The third-order valence-corrected chi connectivity index (χ3v) is 5.74. The molecule has 1 heterocycles. The number of nitrogens with zero attached hydrogens (tertiary/aromatic N) is 3. The maximum absolute atomic E-state index is 12.5. The standard InChI is InChI=1S/C26H24N4O3/c1-17-11-12-23(30(32)33)15-25(17)29-18(2)13-22(19(29)3)16-27-28-26(31)14-21-9-6-8-20-7-4-5-10-24(20)21/h4-13,15-16H,14H2,1-3H3,(H,28,31)/b27-16-. The van der Waals surface area contributed by atoms with E-state index in [-0.39, 0.29) is 18.0 Å². The highest BCUT2D eigenvalue weighted by molar-refractivity contribution is 5.91. The van der Waals surface area contributed by atoms with Crippen molar-refractivity contribution in [3.63, 3.8) is 0 Å². The van der Waals surface area contributed by atoms with Gasteiger partial charge >= 0.3 is 0 Å². The molecule has 0 aliphatic rings. The van der Waals surface area contributed by atoms with E-state index in [1.165, 1.54) is 6.07 Å². The summed E-state index contributed by atoms with van der Waals surface area (Å²) in [5, 5.41) is 17.5. The number of carbonyl (C=O) groups excluding carboxylic acids is 1. The number of nitrogens with one attached hydrogen (secondary N) is 1. The lowest BCUT2D eigenvalue weighted by Gasteiger charge is -2.12. The Labute approximate surface area is 191 Å². The van der Waals surface area contributed by atoms with Crippen LogP contribution in [0.4, 0.5) is 5.69 Å². The molecule has 1 amide bonds. The first-order chi connectivity index (χ1) is 15.8. The van der Waals surface area contributed by atoms with Gasteiger partial charge in [0.2, 0.25) is 5.91 Å². The van der Waals surface area contributed by atoms with Crippen molar-refractivity contribution in [1.29, 1.82) is 0 Å². The highest BCUT2D eigenvalue weighted by Crippen LogP contribution is 2.26. The second-order valence-corrected chi connectivity index (χ2v) is 8.00. The molecule has 1 aromatic heterocycles. The van der Waals surface area contributed by atoms with E-state index in [9.17, 15) is 14.9 Å². The molecule has 4 rings (SSSR count). The quantitative estimate of drug-likeness (QED) is 0.255. The summed E-state index contributed by atoms with van der Waals surface area (Å²) in [6, 6.07) is 20.6. The molecule has 0 radical (unpaired) electrons. The van der Waals surface area contributed by atoms with Gasteiger partial charge in [-0.3, -0.25) is 14.9 Å². The van der Waals surface area contributed by atoms with Gasteiger partial charge in [0.15, 0.2) is 0 Å². The molecule has 0 fully saturated rings. The van der Waals surface area contributed by atoms with Gasteiger partial charge in [-0.1, -0.05) is 48.5 Å². The van der Waals surface area contributed by atoms with E-state index < -0.39 is 4.92 Å². The molecule has 0 atom stereocenters. The zero-order valence-corrected chi connectivity index (χ0v) is 18.7. The minimum Gasteiger partial charge on any atom is -0.317 e. The summed E-state index contributed by atoms with van der Waals surface area (Å²) in [5.74, 6) is -0.203. The molecule has 0 saturated heterocycles. The third-order valence-electron chi connectivity index (χ3n) is 5.74. The van der Waals surface area contributed by atoms with E-state index >= 15 is 0 Å². The van der Waals surface area contributed by atoms with Gasteiger partial charge in [0.05, 0.1) is 23.2 Å². The van der Waals surface area contributed by atoms with E-state index in [0.717, 1.165) is 44.5 Å². The molecule has 4 aromatic rings. The summed E-state index contributed by atoms with van der Waals surface area (Å²) in [4.78, 5) is 23.3. The number of nitro benzene ring substituents is 1. The maximum atomic E-state index is 12.5. The van der Waals surface area contributed by atoms with Crippen LogP contribution in [0.15, 0.2) is 71.8 Å². The summed E-state index contributed by atoms with van der Waals surface area (Å²) in [6.45, 7) is 5.77. The highest BCUT2D eigenvalue weighted by atomic mass is 16.6. The van der Waals surface area contributed by atoms with Crippen molar-refractivity contribution in [2.75, 3.05) is 0 Å². The van der Waals surface area contributed by atoms with Gasteiger partial charge < -0.3 is 4.57 Å². The number of non-ortho nitro benzene ring substituents is 1. The SMILES string of the molecule is Cc1ccc([N+](=O)[O-])cc1-n1c(C)cc(/C=N\NC(=O)Cc2cccc3ccccc23)c1C. The molecule has 33 heavy (non-hydrogen) atoms. The average Bonchev–Trinajstić information content (AvgIpc) is 3.07. The Morgan fingerprint density at radius 2 is 1.82 bits per heavy atom. The van der Waals surface area contributed by atoms with Crippen LogP contribution in [0, 0.1) is 30.9 Å². The van der Waals surface area contributed by atoms with Gasteiger partial charge in [0.25, 0.3) is 5.69 Å². The number of carbonyl (C=O) groups is 1. The second-order valence-electron chi connectivity index (χ2n) is 8.00. The first-order valence-corrected chi connectivity index (χ1v) is 10.6. The van der Waals surface area contributed by atoms with E-state index in [2.05, 4.69) is 10.5 Å². The van der Waals surface area contributed by atoms with Gasteiger partial charge in [0.1, 0.15) is 0 Å². The van der Waals surface area contributed by atoms with Gasteiger partial charge in [-0.2, -0.15) is 5.10 Å². The Balaban J connectivity index is 1.52. The molecule has 0 aliphatic heterocycles. The first-order valence-electron chi connectivity index (χ1n) is 10.6. The van der Waals surface area contributed by atoms with Crippen molar-refractivity contribution in [3.8, 4) is 5.69 Å². The number of rotatable bonds is 6. The van der Waals surface area contributed by atoms with Gasteiger partial charge in [-0.15, -0.1) is 0 Å². The fourth-order valence-corrected chi connectivity index (χ4v) is 4.07. The van der Waals surface area contributed by atoms with Crippen LogP contribution < -0.4 is 5.43 Å². The van der Waals surface area contributed by atoms with E-state index in [4.69, 9.17) is 0 Å². The fourth-order valence-electron chi connectivity index (χ4n) is 4.07. The molecule has 7 nitrogen and oxygen atoms in total. The molecule has 0 spiro atoms. The lowest BCUT2D eigenvalue weighted by atomic mass is 10.0. The Hall–Kier alpha value is -4.26. The van der Waals surface area contributed by atoms with Crippen molar-refractivity contribution in [2.45, 2.75) is 27.2 Å². The first kappa shape index (κ1) is 22.0. The third kappa shape index (κ3) is 4.52. The van der Waals surface area contributed by atoms with Crippen LogP contribution in [-0.4, -0.2) is 21.6 Å². The average molecular weight is 441 g/mol. The number of hydrogen-bond acceptors (Lipinski definition) is 4. The van der Waals surface area contributed by atoms with Crippen molar-refractivity contribution >= 4 is 28.6 Å². The zero-order chi connectivity index (χ0) is 23.5. The minimum atomic E-state index is -0.398. The van der Waals surface area contributed by atoms with Gasteiger partial charge in [0, 0.05) is 29.1 Å². The predicted octanol–water partition coefficient (Wildman–Crippen LogP) is 5.16. The lowest BCUT2D eigenvalue weighted by molar-refractivity contribution is -0.384. The molecule has 166 valence electrons. The fraction of sp³-hybridized carbons (Fsp3) is 0.154. The normalized spacial score (nSPS) is 11.2. The van der Waals surface area contributed by atoms with Crippen LogP contribution in [0.5, 0.6) is 0 Å². The smallest absolute Gasteiger partial charge is 0.271 e. The van der Waals surface area contributed by atoms with Crippen molar-refractivity contribution in [1.82, 2.24) is 9.99 Å². The van der Waals surface area contributed by atoms with Crippen molar-refractivity contribution in [3.05, 3.63) is 105 Å². The number of benzene rings is 3. The van der Waals surface area contributed by atoms with Crippen molar-refractivity contribution in [2.24, 2.45) is 5.10 Å². The second kappa shape index (κ2) is 9.08. The lowest BCUT2D eigenvalue weighted by Crippen LogP contribution is -2.20. The molecule has 0 unspecified atom stereocenters. The number of hydrogen-bond donors (Lipinski definition) is 1. The molecular formula is C26H24N4O3. The number of aryl methyl sites for hydroxylation is 2. The Bertz CT molecular complexity index is 1400. The summed E-state index contributed by atoms with van der Waals surface area (Å²) in [7, 11) is 0. The van der Waals surface area contributed by atoms with Crippen LogP contribution in [0.2, 0.25) is 0 Å². The van der Waals surface area contributed by atoms with Gasteiger partial charge in [-0.25, -0.2) is 5.43 Å². The van der Waals surface area contributed by atoms with E-state index in [1.807, 2.05) is 73.9 Å². The van der Waals surface area contributed by atoms with Crippen LogP contribution in [0.3, 0.4) is 0 Å². The van der Waals surface area contributed by atoms with E-state index in [0.29, 0.717) is 0 Å². The molecular weight excluding hydrogens is 416 g/mol. The number of hydrazone groups is 1. The van der Waals surface area contributed by atoms with Crippen LogP contribution >= 0.6 is 0 Å². The minimum absolute atomic E-state index is 0.0408. The van der Waals surface area contributed by atoms with Crippen LogP contribution in [-0.2, 0) is 11.2 Å². The Morgan fingerprint density at radius 1 is 1.06 bits per heavy atom. The van der Waals surface area contributed by atoms with Crippen LogP contribution in [0.25, 0.3) is 16.5 Å². The molecule has 0 bridgehead atoms. The summed E-state index contributed by atoms with van der Waals surface area (Å²) in [5.41, 5.74) is 7.88. The maximum Gasteiger partial charge on any atom is 0.271 e. The number of fused-ring (bicyclic) bond motifs is 1. The van der Waals surface area contributed by atoms with Crippen molar-refractivity contribution < 1.29 is 9.72 Å². The topological polar surface area (TPSA) is 89.5 Å². The predicted molar refractivity (Wildman–Crippen MR) is 130 cm³/mol. The Morgan fingerprint density at radius 3 is 2.61 bits per heavy atom. The molecule has 7 heteroatoms. The van der Waals surface area contributed by atoms with Crippen LogP contribution in [0.1, 0.15) is 28.1 Å². The number of amides is 1. The monoisotopic (exact) mass is 440 g/mol. The summed E-state index contributed by atoms with van der Waals surface area (Å²) >= 11 is 0. The van der Waals surface area contributed by atoms with E-state index in [1.54, 1.807) is 18.3 Å². The number of aromatic nitrogens is 1. The molecule has 0 saturated carbocycles. The number of nitro groups is 1. The zero-order valence-electron chi connectivity index (χ0n) is 18.7. The molecule has 1 N–H and O–H groups in total. The summed E-state index contributed by atoms with van der Waals surface area (Å²) < 4.78 is 1.96. The Kier molecular flexibility index (Phi) is 6.04. The molecule has 0 aliphatic carbocycles. The highest BCUT2D eigenvalue weighted by Gasteiger charge is 2.15. The largest absolute Gasteiger partial charge is 0.317 e. The van der Waals surface area contributed by atoms with Gasteiger partial charge in [-0.05, 0) is 48.7 Å².